The van der Waals surface area contributed by atoms with E-state index in [1.165, 1.54) is 4.52 Å². The molecule has 0 aliphatic carbocycles. The van der Waals surface area contributed by atoms with Crippen molar-refractivity contribution in [3.05, 3.63) is 128 Å². The Morgan fingerprint density at radius 2 is 1.09 bits per heavy atom. The maximum absolute atomic E-state index is 13.9. The predicted octanol–water partition coefficient (Wildman–Crippen LogP) is 6.16. The zero-order valence-electron chi connectivity index (χ0n) is 17.4. The van der Waals surface area contributed by atoms with Crippen LogP contribution in [0.4, 0.5) is 0 Å². The highest BCUT2D eigenvalue weighted by Crippen LogP contribution is 2.38. The molecule has 0 N–H and O–H groups in total. The summed E-state index contributed by atoms with van der Waals surface area (Å²) in [6, 6.07) is 32.5. The molecule has 6 aromatic rings. The summed E-state index contributed by atoms with van der Waals surface area (Å²) in [4.78, 5) is 27.7. The fraction of sp³-hybridized carbons (Fsp3) is 0. The molecule has 6 rings (SSSR count). The molecule has 0 saturated heterocycles. The van der Waals surface area contributed by atoms with Crippen LogP contribution in [0.15, 0.2) is 117 Å². The minimum Gasteiger partial charge on any atom is -0.267 e. The molecule has 2 aromatic heterocycles. The largest absolute Gasteiger partial charge is 0.278 e. The van der Waals surface area contributed by atoms with Gasteiger partial charge >= 0.3 is 0 Å². The second-order valence-electron chi connectivity index (χ2n) is 7.90. The van der Waals surface area contributed by atoms with E-state index in [2.05, 4.69) is 15.9 Å². The van der Waals surface area contributed by atoms with Gasteiger partial charge in [0.25, 0.3) is 11.1 Å². The average Bonchev–Trinajstić information content (AvgIpc) is 2.87. The average molecular weight is 493 g/mol. The van der Waals surface area contributed by atoms with E-state index >= 15 is 0 Å². The van der Waals surface area contributed by atoms with E-state index in [1.807, 2.05) is 78.9 Å². The van der Waals surface area contributed by atoms with Gasteiger partial charge in [-0.25, -0.2) is 9.03 Å². The number of fused-ring (bicyclic) bond motifs is 4. The van der Waals surface area contributed by atoms with Gasteiger partial charge < -0.3 is 0 Å². The summed E-state index contributed by atoms with van der Waals surface area (Å²) < 4.78 is 3.95. The topological polar surface area (TPSA) is 43.0 Å². The molecule has 5 heteroatoms. The van der Waals surface area contributed by atoms with E-state index in [0.717, 1.165) is 26.5 Å². The van der Waals surface area contributed by atoms with Crippen molar-refractivity contribution in [2.45, 2.75) is 0 Å². The van der Waals surface area contributed by atoms with E-state index in [4.69, 9.17) is 0 Å². The summed E-state index contributed by atoms with van der Waals surface area (Å²) in [5, 5.41) is 1.69. The van der Waals surface area contributed by atoms with Gasteiger partial charge in [0.2, 0.25) is 0 Å². The smallest absolute Gasteiger partial charge is 0.267 e. The quantitative estimate of drug-likeness (QED) is 0.214. The SMILES string of the molecule is O=c1c2ccccc2c(=O)n2c3ccc(Br)cc3c(-c3ccccc3)c(-c3ccccc3)n12. The Balaban J connectivity index is 2.02. The van der Waals surface area contributed by atoms with Gasteiger partial charge in [-0.3, -0.25) is 9.59 Å². The normalized spacial score (nSPS) is 11.4. The second-order valence-corrected chi connectivity index (χ2v) is 8.81. The number of benzene rings is 4. The van der Waals surface area contributed by atoms with Crippen LogP contribution in [0.25, 0.3) is 44.1 Å². The van der Waals surface area contributed by atoms with Crippen molar-refractivity contribution in [3.63, 3.8) is 0 Å². The molecule has 0 radical (unpaired) electrons. The number of rotatable bonds is 2. The van der Waals surface area contributed by atoms with Gasteiger partial charge in [-0.15, -0.1) is 0 Å². The van der Waals surface area contributed by atoms with Crippen molar-refractivity contribution in [2.24, 2.45) is 0 Å². The van der Waals surface area contributed by atoms with Crippen LogP contribution in [0.3, 0.4) is 0 Å². The van der Waals surface area contributed by atoms with Crippen LogP contribution in [-0.2, 0) is 0 Å². The van der Waals surface area contributed by atoms with Crippen LogP contribution in [0, 0.1) is 0 Å². The molecule has 0 unspecified atom stereocenters. The lowest BCUT2D eigenvalue weighted by Crippen LogP contribution is -2.32. The Hall–Kier alpha value is -3.96. The lowest BCUT2D eigenvalue weighted by atomic mass is 9.95. The number of hydrogen-bond acceptors (Lipinski definition) is 2. The van der Waals surface area contributed by atoms with E-state index in [-0.39, 0.29) is 11.1 Å². The molecular formula is C28H17BrN2O2. The van der Waals surface area contributed by atoms with Crippen LogP contribution >= 0.6 is 15.9 Å². The first-order valence-electron chi connectivity index (χ1n) is 10.6. The van der Waals surface area contributed by atoms with Crippen molar-refractivity contribution >= 4 is 37.6 Å². The lowest BCUT2D eigenvalue weighted by Gasteiger charge is -2.20. The first-order chi connectivity index (χ1) is 16.1. The Bertz CT molecular complexity index is 1800. The summed E-state index contributed by atoms with van der Waals surface area (Å²) in [6.07, 6.45) is 0. The summed E-state index contributed by atoms with van der Waals surface area (Å²) in [5.41, 5.74) is 3.61. The first kappa shape index (κ1) is 19.7. The molecule has 0 spiro atoms. The molecule has 0 saturated carbocycles. The molecule has 158 valence electrons. The summed E-state index contributed by atoms with van der Waals surface area (Å²) in [7, 11) is 0. The zero-order chi connectivity index (χ0) is 22.5. The highest BCUT2D eigenvalue weighted by atomic mass is 79.9. The maximum Gasteiger partial charge on any atom is 0.278 e. The van der Waals surface area contributed by atoms with Crippen LogP contribution in [-0.4, -0.2) is 9.03 Å². The molecule has 0 atom stereocenters. The molecule has 0 amide bonds. The second kappa shape index (κ2) is 7.57. The molecular weight excluding hydrogens is 476 g/mol. The molecule has 4 aromatic carbocycles. The standard InChI is InChI=1S/C28H17BrN2O2/c29-20-15-16-24-23(17-20)25(18-9-3-1-4-10-18)26(19-11-5-2-6-12-19)31-28(33)22-14-8-7-13-21(22)27(32)30(24)31/h1-17H. The van der Waals surface area contributed by atoms with Gasteiger partial charge in [-0.1, -0.05) is 88.7 Å². The Kier molecular flexibility index (Phi) is 4.52. The maximum atomic E-state index is 13.9. The number of halogens is 1. The van der Waals surface area contributed by atoms with Crippen molar-refractivity contribution in [1.82, 2.24) is 9.03 Å². The lowest BCUT2D eigenvalue weighted by molar-refractivity contribution is 0.780. The number of aromatic nitrogens is 2. The van der Waals surface area contributed by atoms with Gasteiger partial charge in [0.15, 0.2) is 0 Å². The molecule has 4 nitrogen and oxygen atoms in total. The molecule has 0 fully saturated rings. The van der Waals surface area contributed by atoms with Gasteiger partial charge in [0.1, 0.15) is 0 Å². The molecule has 2 heterocycles. The van der Waals surface area contributed by atoms with Crippen LogP contribution in [0.5, 0.6) is 0 Å². The van der Waals surface area contributed by atoms with Crippen molar-refractivity contribution in [3.8, 4) is 22.4 Å². The Labute approximate surface area is 197 Å². The van der Waals surface area contributed by atoms with E-state index in [9.17, 15) is 9.59 Å². The van der Waals surface area contributed by atoms with Crippen molar-refractivity contribution < 1.29 is 0 Å². The van der Waals surface area contributed by atoms with Crippen LogP contribution in [0.1, 0.15) is 0 Å². The van der Waals surface area contributed by atoms with Gasteiger partial charge in [-0.05, 0) is 35.9 Å². The first-order valence-corrected chi connectivity index (χ1v) is 11.4. The minimum absolute atomic E-state index is 0.227. The highest BCUT2D eigenvalue weighted by Gasteiger charge is 2.21. The van der Waals surface area contributed by atoms with Crippen LogP contribution in [0.2, 0.25) is 0 Å². The van der Waals surface area contributed by atoms with Crippen molar-refractivity contribution in [1.29, 1.82) is 0 Å². The Morgan fingerprint density at radius 1 is 0.545 bits per heavy atom. The Morgan fingerprint density at radius 3 is 1.73 bits per heavy atom. The fourth-order valence-electron chi connectivity index (χ4n) is 4.57. The monoisotopic (exact) mass is 492 g/mol. The summed E-state index contributed by atoms with van der Waals surface area (Å²) in [6.45, 7) is 0. The third-order valence-corrected chi connectivity index (χ3v) is 6.48. The third-order valence-electron chi connectivity index (χ3n) is 5.99. The molecule has 0 aliphatic heterocycles. The molecule has 0 bridgehead atoms. The van der Waals surface area contributed by atoms with E-state index in [1.54, 1.807) is 28.8 Å². The summed E-state index contributed by atoms with van der Waals surface area (Å²) >= 11 is 3.60. The van der Waals surface area contributed by atoms with Crippen LogP contribution < -0.4 is 11.1 Å². The number of nitrogens with zero attached hydrogens (tertiary/aromatic N) is 2. The molecule has 0 aliphatic rings. The van der Waals surface area contributed by atoms with Gasteiger partial charge in [0.05, 0.1) is 22.0 Å². The van der Waals surface area contributed by atoms with E-state index in [0.29, 0.717) is 22.0 Å². The molecule has 33 heavy (non-hydrogen) atoms. The van der Waals surface area contributed by atoms with E-state index < -0.39 is 0 Å². The van der Waals surface area contributed by atoms with Gasteiger partial charge in [-0.2, -0.15) is 0 Å². The zero-order valence-corrected chi connectivity index (χ0v) is 19.0. The summed E-state index contributed by atoms with van der Waals surface area (Å²) in [5.74, 6) is 0. The fourth-order valence-corrected chi connectivity index (χ4v) is 4.93. The minimum atomic E-state index is -0.231. The third kappa shape index (κ3) is 2.97. The van der Waals surface area contributed by atoms with Gasteiger partial charge in [0, 0.05) is 21.0 Å². The number of hydrogen-bond donors (Lipinski definition) is 0. The predicted molar refractivity (Wildman–Crippen MR) is 137 cm³/mol. The highest BCUT2D eigenvalue weighted by molar-refractivity contribution is 9.10. The van der Waals surface area contributed by atoms with Crippen molar-refractivity contribution in [2.75, 3.05) is 0 Å².